The molecule has 0 aromatic heterocycles. The molecular weight excluding hydrogens is 142 g/mol. The van der Waals surface area contributed by atoms with E-state index >= 15 is 0 Å². The van der Waals surface area contributed by atoms with E-state index in [9.17, 15) is 4.79 Å². The summed E-state index contributed by atoms with van der Waals surface area (Å²) in [5.41, 5.74) is 4.79. The van der Waals surface area contributed by atoms with Crippen molar-refractivity contribution < 1.29 is 9.53 Å². The Hall–Kier alpha value is -0.570. The minimum Gasteiger partial charge on any atom is -0.460 e. The van der Waals surface area contributed by atoms with Crippen LogP contribution in [0.25, 0.3) is 0 Å². The third-order valence-electron chi connectivity index (χ3n) is 1.02. The molecule has 0 spiro atoms. The summed E-state index contributed by atoms with van der Waals surface area (Å²) in [7, 11) is 0. The fourth-order valence-electron chi connectivity index (χ4n) is 0.481. The van der Waals surface area contributed by atoms with E-state index in [0.717, 1.165) is 0 Å². The van der Waals surface area contributed by atoms with Gasteiger partial charge >= 0.3 is 5.97 Å². The van der Waals surface area contributed by atoms with E-state index in [0.29, 0.717) is 0 Å². The summed E-state index contributed by atoms with van der Waals surface area (Å²) < 4.78 is 5.01. The van der Waals surface area contributed by atoms with Gasteiger partial charge in [0.25, 0.3) is 0 Å². The van der Waals surface area contributed by atoms with Gasteiger partial charge in [0.15, 0.2) is 0 Å². The number of esters is 1. The topological polar surface area (TPSA) is 52.3 Å². The lowest BCUT2D eigenvalue weighted by Crippen LogP contribution is -2.30. The Kier molecular flexibility index (Phi) is 3.52. The Labute approximate surface area is 67.9 Å². The second kappa shape index (κ2) is 3.72. The van der Waals surface area contributed by atoms with Crippen molar-refractivity contribution in [1.82, 2.24) is 0 Å². The molecule has 0 saturated carbocycles. The highest BCUT2D eigenvalue weighted by molar-refractivity contribution is 5.73. The van der Waals surface area contributed by atoms with Crippen LogP contribution in [0.3, 0.4) is 0 Å². The molecule has 1 atom stereocenters. The first-order chi connectivity index (χ1) is 4.87. The number of rotatable bonds is 2. The van der Waals surface area contributed by atoms with Crippen molar-refractivity contribution in [3.05, 3.63) is 6.92 Å². The van der Waals surface area contributed by atoms with Crippen LogP contribution >= 0.6 is 0 Å². The molecule has 1 unspecified atom stereocenters. The van der Waals surface area contributed by atoms with Gasteiger partial charge < -0.3 is 10.5 Å². The maximum Gasteiger partial charge on any atom is 0.310 e. The quantitative estimate of drug-likeness (QED) is 0.603. The van der Waals surface area contributed by atoms with Crippen LogP contribution in [-0.4, -0.2) is 18.1 Å². The smallest absolute Gasteiger partial charge is 0.310 e. The number of ether oxygens (including phenoxy) is 1. The maximum atomic E-state index is 11.0. The van der Waals surface area contributed by atoms with Crippen molar-refractivity contribution in [3.63, 3.8) is 0 Å². The molecule has 11 heavy (non-hydrogen) atoms. The molecule has 0 aromatic rings. The summed E-state index contributed by atoms with van der Waals surface area (Å²) in [5, 5.41) is 0. The van der Waals surface area contributed by atoms with Gasteiger partial charge in [-0.15, -0.1) is 0 Å². The van der Waals surface area contributed by atoms with Crippen molar-refractivity contribution in [1.29, 1.82) is 0 Å². The van der Waals surface area contributed by atoms with Gasteiger partial charge in [0.1, 0.15) is 5.60 Å². The highest BCUT2D eigenvalue weighted by Crippen LogP contribution is 2.09. The van der Waals surface area contributed by atoms with Crippen LogP contribution in [0.5, 0.6) is 0 Å². The average Bonchev–Trinajstić information content (AvgIpc) is 1.82. The molecule has 0 heterocycles. The summed E-state index contributed by atoms with van der Waals surface area (Å²) in [4.78, 5) is 11.0. The Balaban J connectivity index is 3.88. The number of nitrogens with two attached hydrogens (primary N) is 1. The Morgan fingerprint density at radius 3 is 2.36 bits per heavy atom. The lowest BCUT2D eigenvalue weighted by atomic mass is 10.1. The molecule has 2 N–H and O–H groups in total. The third-order valence-corrected chi connectivity index (χ3v) is 1.02. The van der Waals surface area contributed by atoms with E-state index in [2.05, 4.69) is 6.92 Å². The summed E-state index contributed by atoms with van der Waals surface area (Å²) in [6, 6.07) is 0. The molecule has 0 amide bonds. The largest absolute Gasteiger partial charge is 0.460 e. The van der Waals surface area contributed by atoms with E-state index < -0.39 is 11.5 Å². The van der Waals surface area contributed by atoms with E-state index in [1.807, 2.05) is 20.8 Å². The molecular formula is C8H16NO2. The minimum absolute atomic E-state index is 0.231. The standard InChI is InChI=1S/C8H16NO2/c1-6(5-9)7(10)11-8(2,3)4/h6H,1,5,9H2,2-4H3. The summed E-state index contributed by atoms with van der Waals surface area (Å²) >= 11 is 0. The lowest BCUT2D eigenvalue weighted by Gasteiger charge is -2.21. The lowest BCUT2D eigenvalue weighted by molar-refractivity contribution is -0.157. The predicted molar refractivity (Wildman–Crippen MR) is 43.7 cm³/mol. The van der Waals surface area contributed by atoms with Crippen LogP contribution in [-0.2, 0) is 9.53 Å². The van der Waals surface area contributed by atoms with E-state index in [1.54, 1.807) is 0 Å². The van der Waals surface area contributed by atoms with Gasteiger partial charge in [0, 0.05) is 6.54 Å². The first-order valence-electron chi connectivity index (χ1n) is 3.63. The zero-order valence-electron chi connectivity index (χ0n) is 7.39. The molecule has 0 aliphatic carbocycles. The first kappa shape index (κ1) is 10.4. The molecule has 0 saturated heterocycles. The molecule has 3 heteroatoms. The monoisotopic (exact) mass is 158 g/mol. The molecule has 0 bridgehead atoms. The molecule has 65 valence electrons. The zero-order chi connectivity index (χ0) is 9.07. The normalized spacial score (nSPS) is 14.3. The highest BCUT2D eigenvalue weighted by atomic mass is 16.6. The summed E-state index contributed by atoms with van der Waals surface area (Å²) in [6.07, 6.45) is 0. The molecule has 3 nitrogen and oxygen atoms in total. The van der Waals surface area contributed by atoms with Gasteiger partial charge in [-0.05, 0) is 27.7 Å². The van der Waals surface area contributed by atoms with Crippen LogP contribution in [0.2, 0.25) is 0 Å². The van der Waals surface area contributed by atoms with E-state index in [-0.39, 0.29) is 12.5 Å². The maximum absolute atomic E-state index is 11.0. The number of hydrogen-bond acceptors (Lipinski definition) is 3. The minimum atomic E-state index is -0.450. The van der Waals surface area contributed by atoms with Crippen molar-refractivity contribution >= 4 is 5.97 Å². The van der Waals surface area contributed by atoms with Crippen molar-refractivity contribution in [2.45, 2.75) is 26.4 Å². The van der Waals surface area contributed by atoms with Gasteiger partial charge in [-0.1, -0.05) is 0 Å². The number of carbonyl (C=O) groups excluding carboxylic acids is 1. The fourth-order valence-corrected chi connectivity index (χ4v) is 0.481. The molecule has 0 aliphatic heterocycles. The van der Waals surface area contributed by atoms with Crippen LogP contribution in [0.4, 0.5) is 0 Å². The third kappa shape index (κ3) is 4.79. The molecule has 1 radical (unpaired) electrons. The van der Waals surface area contributed by atoms with E-state index in [1.165, 1.54) is 0 Å². The molecule has 0 aromatic carbocycles. The van der Waals surface area contributed by atoms with Gasteiger partial charge in [-0.3, -0.25) is 4.79 Å². The molecule has 0 fully saturated rings. The Morgan fingerprint density at radius 1 is 1.64 bits per heavy atom. The van der Waals surface area contributed by atoms with Gasteiger partial charge in [0.2, 0.25) is 0 Å². The SMILES string of the molecule is [CH2]C(CN)C(=O)OC(C)(C)C. The van der Waals surface area contributed by atoms with Gasteiger partial charge in [-0.25, -0.2) is 0 Å². The van der Waals surface area contributed by atoms with E-state index in [4.69, 9.17) is 10.5 Å². The summed E-state index contributed by atoms with van der Waals surface area (Å²) in [5.74, 6) is -0.783. The van der Waals surface area contributed by atoms with Crippen molar-refractivity contribution in [3.8, 4) is 0 Å². The summed E-state index contributed by atoms with van der Waals surface area (Å²) in [6.45, 7) is 9.21. The van der Waals surface area contributed by atoms with Crippen molar-refractivity contribution in [2.24, 2.45) is 11.7 Å². The van der Waals surface area contributed by atoms with Crippen LogP contribution < -0.4 is 5.73 Å². The Bertz CT molecular complexity index is 138. The number of hydrogen-bond donors (Lipinski definition) is 1. The van der Waals surface area contributed by atoms with Gasteiger partial charge in [-0.2, -0.15) is 0 Å². The van der Waals surface area contributed by atoms with Gasteiger partial charge in [0.05, 0.1) is 5.92 Å². The fraction of sp³-hybridized carbons (Fsp3) is 0.750. The van der Waals surface area contributed by atoms with Crippen LogP contribution in [0.15, 0.2) is 0 Å². The van der Waals surface area contributed by atoms with Crippen LogP contribution in [0.1, 0.15) is 20.8 Å². The second-order valence-corrected chi connectivity index (χ2v) is 3.47. The number of carbonyl (C=O) groups is 1. The highest BCUT2D eigenvalue weighted by Gasteiger charge is 2.20. The van der Waals surface area contributed by atoms with Crippen molar-refractivity contribution in [2.75, 3.05) is 6.54 Å². The zero-order valence-corrected chi connectivity index (χ0v) is 7.39. The average molecular weight is 158 g/mol. The predicted octanol–water partition coefficient (Wildman–Crippen LogP) is 0.737. The Morgan fingerprint density at radius 2 is 2.09 bits per heavy atom. The second-order valence-electron chi connectivity index (χ2n) is 3.47. The van der Waals surface area contributed by atoms with Crippen LogP contribution in [0, 0.1) is 12.8 Å². The molecule has 0 rings (SSSR count). The molecule has 0 aliphatic rings. The first-order valence-corrected chi connectivity index (χ1v) is 3.63.